The first-order valence-electron chi connectivity index (χ1n) is 6.07. The maximum atomic E-state index is 11.1. The second kappa shape index (κ2) is 5.53. The number of rotatable bonds is 6. The van der Waals surface area contributed by atoms with Gasteiger partial charge in [-0.2, -0.15) is 0 Å². The molecule has 5 heteroatoms. The number of hydrogen-bond donors (Lipinski definition) is 0. The van der Waals surface area contributed by atoms with Crippen molar-refractivity contribution in [2.75, 3.05) is 18.0 Å². The van der Waals surface area contributed by atoms with Gasteiger partial charge in [0.05, 0.1) is 11.5 Å². The third kappa shape index (κ3) is 3.10. The third-order valence-corrected chi connectivity index (χ3v) is 3.15. The van der Waals surface area contributed by atoms with Gasteiger partial charge in [0.1, 0.15) is 0 Å². The number of non-ortho nitro benzene ring substituents is 1. The predicted molar refractivity (Wildman–Crippen MR) is 72.3 cm³/mol. The molecule has 1 aromatic rings. The van der Waals surface area contributed by atoms with Gasteiger partial charge in [-0.15, -0.1) is 6.42 Å². The van der Waals surface area contributed by atoms with Gasteiger partial charge in [-0.05, 0) is 24.8 Å². The van der Waals surface area contributed by atoms with Crippen LogP contribution in [-0.2, 0) is 0 Å². The Labute approximate surface area is 111 Å². The van der Waals surface area contributed by atoms with E-state index in [-0.39, 0.29) is 5.69 Å². The first-order valence-corrected chi connectivity index (χ1v) is 6.07. The van der Waals surface area contributed by atoms with Crippen molar-refractivity contribution in [1.82, 2.24) is 0 Å². The van der Waals surface area contributed by atoms with Crippen LogP contribution in [0.5, 0.6) is 0 Å². The van der Waals surface area contributed by atoms with Gasteiger partial charge in [-0.3, -0.25) is 14.9 Å². The molecule has 1 fully saturated rings. The Bertz CT molecular complexity index is 544. The normalized spacial score (nSPS) is 13.6. The fraction of sp³-hybridized carbons (Fsp3) is 0.357. The molecule has 0 saturated heterocycles. The molecule has 1 aliphatic rings. The Hall–Kier alpha value is -2.35. The lowest BCUT2D eigenvalue weighted by Gasteiger charge is -2.23. The zero-order valence-corrected chi connectivity index (χ0v) is 10.4. The van der Waals surface area contributed by atoms with Gasteiger partial charge in [0.25, 0.3) is 5.69 Å². The first kappa shape index (κ1) is 13.1. The summed E-state index contributed by atoms with van der Waals surface area (Å²) in [5.41, 5.74) is 0.897. The molecule has 1 aromatic carbocycles. The van der Waals surface area contributed by atoms with Gasteiger partial charge < -0.3 is 4.90 Å². The summed E-state index contributed by atoms with van der Waals surface area (Å²) in [5.74, 6) is 3.18. The Balaban J connectivity index is 2.32. The van der Waals surface area contributed by atoms with Gasteiger partial charge in [-0.1, -0.05) is 5.92 Å². The lowest BCUT2D eigenvalue weighted by atomic mass is 10.1. The highest BCUT2D eigenvalue weighted by Gasteiger charge is 2.25. The SMILES string of the molecule is C#CCN(CC1CC1)c1ccc([N+](=O)[O-])cc1C=O. The Kier molecular flexibility index (Phi) is 3.81. The lowest BCUT2D eigenvalue weighted by Crippen LogP contribution is -2.27. The lowest BCUT2D eigenvalue weighted by molar-refractivity contribution is -0.384. The number of nitrogens with zero attached hydrogens (tertiary/aromatic N) is 2. The van der Waals surface area contributed by atoms with Crippen LogP contribution in [-0.4, -0.2) is 24.3 Å². The maximum absolute atomic E-state index is 11.1. The summed E-state index contributed by atoms with van der Waals surface area (Å²) < 4.78 is 0. The van der Waals surface area contributed by atoms with Gasteiger partial charge in [-0.25, -0.2) is 0 Å². The largest absolute Gasteiger partial charge is 0.360 e. The third-order valence-electron chi connectivity index (χ3n) is 3.15. The number of nitro benzene ring substituents is 1. The molecule has 0 radical (unpaired) electrons. The highest BCUT2D eigenvalue weighted by molar-refractivity contribution is 5.86. The zero-order valence-electron chi connectivity index (χ0n) is 10.4. The number of benzene rings is 1. The average molecular weight is 258 g/mol. The standard InChI is InChI=1S/C14H14N2O3/c1-2-7-15(9-11-3-4-11)14-6-5-13(16(18)19)8-12(14)10-17/h1,5-6,8,10-11H,3-4,7,9H2. The Morgan fingerprint density at radius 3 is 2.79 bits per heavy atom. The minimum Gasteiger partial charge on any atom is -0.360 e. The van der Waals surface area contributed by atoms with E-state index in [4.69, 9.17) is 6.42 Å². The van der Waals surface area contributed by atoms with E-state index >= 15 is 0 Å². The smallest absolute Gasteiger partial charge is 0.270 e. The summed E-state index contributed by atoms with van der Waals surface area (Å²) in [6, 6.07) is 4.29. The van der Waals surface area contributed by atoms with Crippen molar-refractivity contribution in [3.63, 3.8) is 0 Å². The van der Waals surface area contributed by atoms with E-state index < -0.39 is 4.92 Å². The molecule has 0 aliphatic heterocycles. The number of carbonyl (C=O) groups excluding carboxylic acids is 1. The molecule has 1 aliphatic carbocycles. The fourth-order valence-electron chi connectivity index (χ4n) is 2.01. The van der Waals surface area contributed by atoms with Gasteiger partial charge in [0, 0.05) is 29.9 Å². The van der Waals surface area contributed by atoms with E-state index in [2.05, 4.69) is 5.92 Å². The molecule has 0 atom stereocenters. The second-order valence-corrected chi connectivity index (χ2v) is 4.65. The molecule has 19 heavy (non-hydrogen) atoms. The van der Waals surface area contributed by atoms with E-state index in [0.29, 0.717) is 30.0 Å². The molecular formula is C14H14N2O3. The number of aldehydes is 1. The molecule has 1 saturated carbocycles. The summed E-state index contributed by atoms with van der Waals surface area (Å²) >= 11 is 0. The predicted octanol–water partition coefficient (Wildman–Crippen LogP) is 2.26. The quantitative estimate of drug-likeness (QED) is 0.340. The van der Waals surface area contributed by atoms with Crippen LogP contribution in [0.15, 0.2) is 18.2 Å². The van der Waals surface area contributed by atoms with Crippen molar-refractivity contribution in [2.24, 2.45) is 5.92 Å². The van der Waals surface area contributed by atoms with E-state index in [1.54, 1.807) is 6.07 Å². The number of carbonyl (C=O) groups is 1. The van der Waals surface area contributed by atoms with Crippen LogP contribution in [0.2, 0.25) is 0 Å². The molecule has 0 amide bonds. The highest BCUT2D eigenvalue weighted by atomic mass is 16.6. The number of anilines is 1. The summed E-state index contributed by atoms with van der Waals surface area (Å²) in [6.07, 6.45) is 8.32. The number of terminal acetylenes is 1. The van der Waals surface area contributed by atoms with Gasteiger partial charge >= 0.3 is 0 Å². The van der Waals surface area contributed by atoms with Crippen LogP contribution in [0.25, 0.3) is 0 Å². The average Bonchev–Trinajstić information content (AvgIpc) is 3.21. The van der Waals surface area contributed by atoms with Crippen molar-refractivity contribution >= 4 is 17.7 Å². The summed E-state index contributed by atoms with van der Waals surface area (Å²) in [6.45, 7) is 1.19. The number of hydrogen-bond acceptors (Lipinski definition) is 4. The van der Waals surface area contributed by atoms with Crippen molar-refractivity contribution < 1.29 is 9.72 Å². The molecule has 0 bridgehead atoms. The van der Waals surface area contributed by atoms with Crippen molar-refractivity contribution in [2.45, 2.75) is 12.8 Å². The van der Waals surface area contributed by atoms with E-state index in [1.807, 2.05) is 4.90 Å². The molecule has 0 aromatic heterocycles. The molecule has 98 valence electrons. The van der Waals surface area contributed by atoms with Crippen LogP contribution in [0, 0.1) is 28.4 Å². The minimum atomic E-state index is -0.511. The van der Waals surface area contributed by atoms with Crippen LogP contribution in [0.3, 0.4) is 0 Å². The molecular weight excluding hydrogens is 244 g/mol. The van der Waals surface area contributed by atoms with Gasteiger partial charge in [0.2, 0.25) is 0 Å². The Morgan fingerprint density at radius 2 is 2.26 bits per heavy atom. The van der Waals surface area contributed by atoms with Gasteiger partial charge in [0.15, 0.2) is 6.29 Å². The first-order chi connectivity index (χ1) is 9.15. The zero-order chi connectivity index (χ0) is 13.8. The second-order valence-electron chi connectivity index (χ2n) is 4.65. The fourth-order valence-corrected chi connectivity index (χ4v) is 2.01. The molecule has 0 spiro atoms. The monoisotopic (exact) mass is 258 g/mol. The molecule has 0 heterocycles. The molecule has 0 unspecified atom stereocenters. The van der Waals surface area contributed by atoms with Crippen LogP contribution in [0.4, 0.5) is 11.4 Å². The maximum Gasteiger partial charge on any atom is 0.270 e. The molecule has 5 nitrogen and oxygen atoms in total. The van der Waals surface area contributed by atoms with E-state index in [0.717, 1.165) is 6.54 Å². The molecule has 0 N–H and O–H groups in total. The topological polar surface area (TPSA) is 63.4 Å². The van der Waals surface area contributed by atoms with Crippen LogP contribution in [0.1, 0.15) is 23.2 Å². The summed E-state index contributed by atoms with van der Waals surface area (Å²) in [4.78, 5) is 23.2. The Morgan fingerprint density at radius 1 is 1.53 bits per heavy atom. The van der Waals surface area contributed by atoms with Crippen LogP contribution < -0.4 is 4.90 Å². The van der Waals surface area contributed by atoms with Crippen molar-refractivity contribution in [3.05, 3.63) is 33.9 Å². The van der Waals surface area contributed by atoms with E-state index in [1.165, 1.54) is 25.0 Å². The van der Waals surface area contributed by atoms with Crippen LogP contribution >= 0.6 is 0 Å². The molecule has 2 rings (SSSR count). The minimum absolute atomic E-state index is 0.0853. The number of nitro groups is 1. The van der Waals surface area contributed by atoms with E-state index in [9.17, 15) is 14.9 Å². The van der Waals surface area contributed by atoms with Crippen molar-refractivity contribution in [1.29, 1.82) is 0 Å². The summed E-state index contributed by atoms with van der Waals surface area (Å²) in [5, 5.41) is 10.7. The highest BCUT2D eigenvalue weighted by Crippen LogP contribution is 2.32. The van der Waals surface area contributed by atoms with Crippen molar-refractivity contribution in [3.8, 4) is 12.3 Å². The summed E-state index contributed by atoms with van der Waals surface area (Å²) in [7, 11) is 0.